The third-order valence-electron chi connectivity index (χ3n) is 4.29. The van der Waals surface area contributed by atoms with Gasteiger partial charge in [0.15, 0.2) is 5.69 Å². The zero-order valence-electron chi connectivity index (χ0n) is 14.9. The summed E-state index contributed by atoms with van der Waals surface area (Å²) in [4.78, 5) is 23.7. The molecule has 1 aliphatic rings. The lowest BCUT2D eigenvalue weighted by atomic mass is 10.1. The summed E-state index contributed by atoms with van der Waals surface area (Å²) in [7, 11) is 0. The van der Waals surface area contributed by atoms with Crippen LogP contribution in [0.15, 0.2) is 30.5 Å². The lowest BCUT2D eigenvalue weighted by Gasteiger charge is -2.22. The monoisotopic (exact) mass is 377 g/mol. The molecule has 1 aliphatic heterocycles. The molecule has 140 valence electrons. The molecule has 2 amide bonds. The fourth-order valence-corrected chi connectivity index (χ4v) is 2.94. The van der Waals surface area contributed by atoms with Gasteiger partial charge in [-0.3, -0.25) is 14.3 Å². The van der Waals surface area contributed by atoms with Gasteiger partial charge in [-0.1, -0.05) is 6.07 Å². The Hall–Kier alpha value is -2.38. The molecule has 0 spiro atoms. The van der Waals surface area contributed by atoms with Crippen LogP contribution in [0.2, 0.25) is 0 Å². The van der Waals surface area contributed by atoms with Gasteiger partial charge >= 0.3 is 0 Å². The Kier molecular flexibility index (Phi) is 6.76. The Morgan fingerprint density at radius 2 is 2.08 bits per heavy atom. The Morgan fingerprint density at radius 3 is 2.77 bits per heavy atom. The lowest BCUT2D eigenvalue weighted by Crippen LogP contribution is -2.32. The molecule has 0 bridgehead atoms. The quantitative estimate of drug-likeness (QED) is 0.764. The smallest absolute Gasteiger partial charge is 0.276 e. The average molecular weight is 378 g/mol. The van der Waals surface area contributed by atoms with Crippen molar-refractivity contribution in [2.45, 2.75) is 32.7 Å². The van der Waals surface area contributed by atoms with Crippen LogP contribution in [0.5, 0.6) is 0 Å². The number of halogens is 1. The summed E-state index contributed by atoms with van der Waals surface area (Å²) in [5, 5.41) is 13.3. The summed E-state index contributed by atoms with van der Waals surface area (Å²) in [6.07, 6.45) is 4.03. The van der Waals surface area contributed by atoms with Gasteiger partial charge in [0.1, 0.15) is 0 Å². The van der Waals surface area contributed by atoms with E-state index in [-0.39, 0.29) is 24.2 Å². The number of hydrogen-bond donors (Lipinski definition) is 3. The fraction of sp³-hybridized carbons (Fsp3) is 0.389. The molecule has 7 nitrogen and oxygen atoms in total. The maximum Gasteiger partial charge on any atom is 0.276 e. The Morgan fingerprint density at radius 1 is 1.27 bits per heavy atom. The predicted molar refractivity (Wildman–Crippen MR) is 104 cm³/mol. The summed E-state index contributed by atoms with van der Waals surface area (Å²) in [6.45, 7) is 5.27. The first kappa shape index (κ1) is 19.9. The number of aromatic nitrogens is 2. The average Bonchev–Trinajstić information content (AvgIpc) is 3.08. The number of benzene rings is 1. The van der Waals surface area contributed by atoms with E-state index in [1.807, 2.05) is 23.9 Å². The number of amides is 2. The largest absolute Gasteiger partial charge is 0.326 e. The van der Waals surface area contributed by atoms with E-state index < -0.39 is 0 Å². The van der Waals surface area contributed by atoms with E-state index in [9.17, 15) is 9.59 Å². The molecule has 1 aromatic heterocycles. The highest BCUT2D eigenvalue weighted by Crippen LogP contribution is 2.21. The van der Waals surface area contributed by atoms with E-state index >= 15 is 0 Å². The van der Waals surface area contributed by atoms with Gasteiger partial charge in [-0.25, -0.2) is 0 Å². The first-order valence-electron chi connectivity index (χ1n) is 8.48. The van der Waals surface area contributed by atoms with E-state index in [1.165, 1.54) is 6.92 Å². The molecule has 0 saturated carbocycles. The van der Waals surface area contributed by atoms with Crippen LogP contribution in [0.1, 0.15) is 41.9 Å². The first-order chi connectivity index (χ1) is 12.0. The molecular formula is C18H24ClN5O2. The van der Waals surface area contributed by atoms with Gasteiger partial charge in [0.05, 0.1) is 6.04 Å². The molecule has 3 N–H and O–H groups in total. The molecule has 8 heteroatoms. The zero-order chi connectivity index (χ0) is 17.8. The lowest BCUT2D eigenvalue weighted by molar-refractivity contribution is -0.114. The van der Waals surface area contributed by atoms with Crippen molar-refractivity contribution in [2.24, 2.45) is 0 Å². The Labute approximate surface area is 159 Å². The fourth-order valence-electron chi connectivity index (χ4n) is 2.94. The van der Waals surface area contributed by atoms with E-state index in [1.54, 1.807) is 18.2 Å². The number of carbonyl (C=O) groups is 2. The van der Waals surface area contributed by atoms with Crippen LogP contribution in [0.25, 0.3) is 0 Å². The second-order valence-electron chi connectivity index (χ2n) is 6.35. The second-order valence-corrected chi connectivity index (χ2v) is 6.35. The number of nitrogens with zero attached hydrogens (tertiary/aromatic N) is 2. The van der Waals surface area contributed by atoms with Gasteiger partial charge in [-0.05, 0) is 50.1 Å². The van der Waals surface area contributed by atoms with Crippen molar-refractivity contribution in [3.63, 3.8) is 0 Å². The SMILES string of the molecule is CC(=O)Nc1cc(NC(=O)c2ccn(C3CCCNC3)n2)ccc1C.Cl. The minimum absolute atomic E-state index is 0. The van der Waals surface area contributed by atoms with Gasteiger partial charge in [-0.2, -0.15) is 5.10 Å². The Balaban J connectivity index is 0.00000243. The highest BCUT2D eigenvalue weighted by molar-refractivity contribution is 6.03. The van der Waals surface area contributed by atoms with Crippen LogP contribution in [0, 0.1) is 6.92 Å². The van der Waals surface area contributed by atoms with Crippen molar-refractivity contribution < 1.29 is 9.59 Å². The topological polar surface area (TPSA) is 88.0 Å². The van der Waals surface area contributed by atoms with Crippen molar-refractivity contribution in [1.29, 1.82) is 0 Å². The highest BCUT2D eigenvalue weighted by Gasteiger charge is 2.18. The van der Waals surface area contributed by atoms with Crippen LogP contribution in [0.4, 0.5) is 11.4 Å². The van der Waals surface area contributed by atoms with Crippen molar-refractivity contribution in [1.82, 2.24) is 15.1 Å². The molecule has 1 unspecified atom stereocenters. The molecule has 2 heterocycles. The van der Waals surface area contributed by atoms with E-state index in [4.69, 9.17) is 0 Å². The van der Waals surface area contributed by atoms with Crippen molar-refractivity contribution in [3.05, 3.63) is 41.7 Å². The zero-order valence-corrected chi connectivity index (χ0v) is 15.7. The summed E-state index contributed by atoms with van der Waals surface area (Å²) in [5.74, 6) is -0.411. The third kappa shape index (κ3) is 4.83. The van der Waals surface area contributed by atoms with Crippen molar-refractivity contribution >= 4 is 35.6 Å². The molecule has 1 aromatic carbocycles. The molecule has 1 fully saturated rings. The maximum absolute atomic E-state index is 12.4. The number of rotatable bonds is 4. The van der Waals surface area contributed by atoms with E-state index in [2.05, 4.69) is 21.0 Å². The number of carbonyl (C=O) groups excluding carboxylic acids is 2. The number of piperidine rings is 1. The summed E-state index contributed by atoms with van der Waals surface area (Å²) in [5.41, 5.74) is 2.62. The highest BCUT2D eigenvalue weighted by atomic mass is 35.5. The second kappa shape index (κ2) is 8.82. The van der Waals surface area contributed by atoms with Gasteiger partial charge in [0, 0.05) is 31.0 Å². The van der Waals surface area contributed by atoms with Crippen molar-refractivity contribution in [3.8, 4) is 0 Å². The normalized spacial score (nSPS) is 16.5. The summed E-state index contributed by atoms with van der Waals surface area (Å²) < 4.78 is 1.86. The van der Waals surface area contributed by atoms with Gasteiger partial charge < -0.3 is 16.0 Å². The van der Waals surface area contributed by atoms with E-state index in [0.29, 0.717) is 23.1 Å². The molecule has 3 rings (SSSR count). The van der Waals surface area contributed by atoms with Crippen LogP contribution < -0.4 is 16.0 Å². The van der Waals surface area contributed by atoms with Gasteiger partial charge in [0.25, 0.3) is 5.91 Å². The molecular weight excluding hydrogens is 354 g/mol. The minimum Gasteiger partial charge on any atom is -0.326 e. The van der Waals surface area contributed by atoms with Crippen LogP contribution in [-0.4, -0.2) is 34.7 Å². The molecule has 1 atom stereocenters. The summed E-state index contributed by atoms with van der Waals surface area (Å²) in [6, 6.07) is 7.43. The van der Waals surface area contributed by atoms with Crippen molar-refractivity contribution in [2.75, 3.05) is 23.7 Å². The van der Waals surface area contributed by atoms with Crippen LogP contribution in [-0.2, 0) is 4.79 Å². The number of hydrogen-bond acceptors (Lipinski definition) is 4. The number of aryl methyl sites for hydroxylation is 1. The third-order valence-corrected chi connectivity index (χ3v) is 4.29. The van der Waals surface area contributed by atoms with Gasteiger partial charge in [-0.15, -0.1) is 12.4 Å². The van der Waals surface area contributed by atoms with Crippen LogP contribution >= 0.6 is 12.4 Å². The Bertz CT molecular complexity index is 784. The van der Waals surface area contributed by atoms with E-state index in [0.717, 1.165) is 31.5 Å². The molecule has 2 aromatic rings. The number of nitrogens with one attached hydrogen (secondary N) is 3. The predicted octanol–water partition coefficient (Wildman–Crippen LogP) is 2.75. The number of anilines is 2. The van der Waals surface area contributed by atoms with Crippen LogP contribution in [0.3, 0.4) is 0 Å². The standard InChI is InChI=1S/C18H23N5O2.ClH/c1-12-5-6-14(10-17(12)20-13(2)24)21-18(25)16-7-9-23(22-16)15-4-3-8-19-11-15;/h5-7,9-10,15,19H,3-4,8,11H2,1-2H3,(H,20,24)(H,21,25);1H. The first-order valence-corrected chi connectivity index (χ1v) is 8.48. The minimum atomic E-state index is -0.264. The molecule has 0 radical (unpaired) electrons. The van der Waals surface area contributed by atoms with Gasteiger partial charge in [0.2, 0.25) is 5.91 Å². The molecule has 1 saturated heterocycles. The summed E-state index contributed by atoms with van der Waals surface area (Å²) >= 11 is 0. The molecule has 0 aliphatic carbocycles. The molecule has 26 heavy (non-hydrogen) atoms. The maximum atomic E-state index is 12.4.